The monoisotopic (exact) mass is 250 g/mol. The van der Waals surface area contributed by atoms with E-state index in [0.717, 1.165) is 0 Å². The van der Waals surface area contributed by atoms with Gasteiger partial charge in [-0.1, -0.05) is 0 Å². The number of nitrogens with zero attached hydrogens (tertiary/aromatic N) is 1. The van der Waals surface area contributed by atoms with Crippen molar-refractivity contribution in [3.8, 4) is 11.4 Å². The lowest BCUT2D eigenvalue weighted by atomic mass is 10.1. The van der Waals surface area contributed by atoms with E-state index in [2.05, 4.69) is 9.97 Å². The molecular formula is C11H10N2O5. The van der Waals surface area contributed by atoms with Gasteiger partial charge in [-0.3, -0.25) is 0 Å². The summed E-state index contributed by atoms with van der Waals surface area (Å²) in [7, 11) is 0. The zero-order chi connectivity index (χ0) is 13.4. The van der Waals surface area contributed by atoms with Crippen molar-refractivity contribution in [2.75, 3.05) is 0 Å². The van der Waals surface area contributed by atoms with Crippen molar-refractivity contribution in [2.24, 2.45) is 0 Å². The van der Waals surface area contributed by atoms with Crippen molar-refractivity contribution < 1.29 is 24.2 Å². The SMILES string of the molecule is Cc1[nH]c(-c2ncoc2C)c(C(=O)O)c1C(=O)O. The summed E-state index contributed by atoms with van der Waals surface area (Å²) in [6, 6.07) is 0. The van der Waals surface area contributed by atoms with E-state index < -0.39 is 11.9 Å². The number of aromatic carboxylic acids is 2. The fourth-order valence-corrected chi connectivity index (χ4v) is 1.83. The molecule has 7 heteroatoms. The Labute approximate surface area is 101 Å². The van der Waals surface area contributed by atoms with E-state index in [1.165, 1.54) is 13.3 Å². The van der Waals surface area contributed by atoms with Gasteiger partial charge in [-0.15, -0.1) is 0 Å². The normalized spacial score (nSPS) is 10.6. The third-order valence-corrected chi connectivity index (χ3v) is 2.60. The van der Waals surface area contributed by atoms with E-state index in [0.29, 0.717) is 11.5 Å². The Morgan fingerprint density at radius 3 is 2.28 bits per heavy atom. The molecule has 0 radical (unpaired) electrons. The predicted molar refractivity (Wildman–Crippen MR) is 59.7 cm³/mol. The zero-order valence-electron chi connectivity index (χ0n) is 9.64. The number of oxazole rings is 1. The molecule has 0 unspecified atom stereocenters. The summed E-state index contributed by atoms with van der Waals surface area (Å²) in [4.78, 5) is 28.9. The predicted octanol–water partition coefficient (Wildman–Crippen LogP) is 1.68. The topological polar surface area (TPSA) is 116 Å². The highest BCUT2D eigenvalue weighted by molar-refractivity contribution is 6.07. The average Bonchev–Trinajstić information content (AvgIpc) is 2.81. The largest absolute Gasteiger partial charge is 0.478 e. The second kappa shape index (κ2) is 4.02. The lowest BCUT2D eigenvalue weighted by Crippen LogP contribution is -2.07. The van der Waals surface area contributed by atoms with Crippen molar-refractivity contribution in [3.05, 3.63) is 29.0 Å². The molecule has 0 fully saturated rings. The Balaban J connectivity index is 2.77. The van der Waals surface area contributed by atoms with Crippen LogP contribution in [0.1, 0.15) is 32.2 Å². The molecule has 0 spiro atoms. The maximum absolute atomic E-state index is 11.2. The van der Waals surface area contributed by atoms with Crippen LogP contribution in [-0.4, -0.2) is 32.1 Å². The van der Waals surface area contributed by atoms with Crippen molar-refractivity contribution in [1.29, 1.82) is 0 Å². The molecule has 94 valence electrons. The summed E-state index contributed by atoms with van der Waals surface area (Å²) in [5.74, 6) is -2.21. The van der Waals surface area contributed by atoms with E-state index in [4.69, 9.17) is 14.6 Å². The number of carboxylic acid groups (broad SMARTS) is 2. The number of hydrogen-bond acceptors (Lipinski definition) is 4. The van der Waals surface area contributed by atoms with Gasteiger partial charge in [-0.2, -0.15) is 0 Å². The molecule has 0 bridgehead atoms. The van der Waals surface area contributed by atoms with Crippen LogP contribution in [0, 0.1) is 13.8 Å². The average molecular weight is 250 g/mol. The number of hydrogen-bond donors (Lipinski definition) is 3. The molecule has 2 heterocycles. The highest BCUT2D eigenvalue weighted by Gasteiger charge is 2.28. The molecule has 0 saturated carbocycles. The van der Waals surface area contributed by atoms with Gasteiger partial charge in [0.1, 0.15) is 17.0 Å². The van der Waals surface area contributed by atoms with E-state index in [1.807, 2.05) is 0 Å². The van der Waals surface area contributed by atoms with Crippen LogP contribution in [0.15, 0.2) is 10.8 Å². The third kappa shape index (κ3) is 1.65. The second-order valence-corrected chi connectivity index (χ2v) is 3.74. The number of H-pyrrole nitrogens is 1. The van der Waals surface area contributed by atoms with E-state index in [1.54, 1.807) is 6.92 Å². The minimum atomic E-state index is -1.32. The summed E-state index contributed by atoms with van der Waals surface area (Å²) in [5, 5.41) is 18.2. The zero-order valence-corrected chi connectivity index (χ0v) is 9.64. The molecule has 0 amide bonds. The fourth-order valence-electron chi connectivity index (χ4n) is 1.83. The minimum absolute atomic E-state index is 0.142. The Morgan fingerprint density at radius 2 is 1.83 bits per heavy atom. The number of aromatic amines is 1. The van der Waals surface area contributed by atoms with Gasteiger partial charge in [0.25, 0.3) is 0 Å². The Kier molecular flexibility index (Phi) is 2.66. The summed E-state index contributed by atoms with van der Waals surface area (Å²) in [6.45, 7) is 3.11. The molecule has 0 saturated heterocycles. The third-order valence-electron chi connectivity index (χ3n) is 2.60. The second-order valence-electron chi connectivity index (χ2n) is 3.74. The number of rotatable bonds is 3. The highest BCUT2D eigenvalue weighted by atomic mass is 16.4. The van der Waals surface area contributed by atoms with Crippen molar-refractivity contribution in [2.45, 2.75) is 13.8 Å². The molecule has 0 aliphatic heterocycles. The molecular weight excluding hydrogens is 240 g/mol. The first-order chi connectivity index (χ1) is 8.43. The van der Waals surface area contributed by atoms with Gasteiger partial charge in [0, 0.05) is 5.69 Å². The lowest BCUT2D eigenvalue weighted by molar-refractivity contribution is 0.0652. The van der Waals surface area contributed by atoms with Gasteiger partial charge >= 0.3 is 11.9 Å². The van der Waals surface area contributed by atoms with Crippen LogP contribution < -0.4 is 0 Å². The van der Waals surface area contributed by atoms with Gasteiger partial charge in [0.15, 0.2) is 6.39 Å². The number of aromatic nitrogens is 2. The number of carbonyl (C=O) groups is 2. The standard InChI is InChI=1S/C11H10N2O5/c1-4-6(10(14)15)7(11(16)17)9(13-4)8-5(2)18-3-12-8/h3,13H,1-2H3,(H,14,15)(H,16,17). The Hall–Kier alpha value is -2.57. The molecule has 0 aromatic carbocycles. The molecule has 0 aliphatic rings. The van der Waals surface area contributed by atoms with E-state index in [-0.39, 0.29) is 22.5 Å². The van der Waals surface area contributed by atoms with Crippen LogP contribution in [-0.2, 0) is 0 Å². The number of carboxylic acids is 2. The summed E-state index contributed by atoms with van der Waals surface area (Å²) >= 11 is 0. The molecule has 3 N–H and O–H groups in total. The summed E-state index contributed by atoms with van der Waals surface area (Å²) < 4.78 is 4.99. The first-order valence-corrected chi connectivity index (χ1v) is 5.03. The minimum Gasteiger partial charge on any atom is -0.478 e. The summed E-state index contributed by atoms with van der Waals surface area (Å²) in [5.41, 5.74) is 0.126. The van der Waals surface area contributed by atoms with Crippen molar-refractivity contribution in [1.82, 2.24) is 9.97 Å². The van der Waals surface area contributed by atoms with Crippen LogP contribution >= 0.6 is 0 Å². The van der Waals surface area contributed by atoms with Crippen molar-refractivity contribution >= 4 is 11.9 Å². The summed E-state index contributed by atoms with van der Waals surface area (Å²) in [6.07, 6.45) is 1.17. The first-order valence-electron chi connectivity index (χ1n) is 5.03. The highest BCUT2D eigenvalue weighted by Crippen LogP contribution is 2.29. The maximum atomic E-state index is 11.2. The Morgan fingerprint density at radius 1 is 1.22 bits per heavy atom. The lowest BCUT2D eigenvalue weighted by Gasteiger charge is -1.98. The van der Waals surface area contributed by atoms with Crippen LogP contribution in [0.5, 0.6) is 0 Å². The van der Waals surface area contributed by atoms with Gasteiger partial charge < -0.3 is 19.6 Å². The molecule has 2 aromatic rings. The van der Waals surface area contributed by atoms with Crippen LogP contribution in [0.4, 0.5) is 0 Å². The molecule has 2 aromatic heterocycles. The van der Waals surface area contributed by atoms with Gasteiger partial charge in [0.05, 0.1) is 11.3 Å². The number of aryl methyl sites for hydroxylation is 2. The van der Waals surface area contributed by atoms with Crippen LogP contribution in [0.25, 0.3) is 11.4 Å². The van der Waals surface area contributed by atoms with Gasteiger partial charge in [0.2, 0.25) is 0 Å². The van der Waals surface area contributed by atoms with Crippen LogP contribution in [0.2, 0.25) is 0 Å². The Bertz CT molecular complexity index is 638. The molecule has 18 heavy (non-hydrogen) atoms. The van der Waals surface area contributed by atoms with E-state index in [9.17, 15) is 9.59 Å². The molecule has 7 nitrogen and oxygen atoms in total. The molecule has 0 aliphatic carbocycles. The first kappa shape index (κ1) is 11.9. The van der Waals surface area contributed by atoms with Gasteiger partial charge in [-0.25, -0.2) is 14.6 Å². The molecule has 2 rings (SSSR count). The maximum Gasteiger partial charge on any atom is 0.338 e. The smallest absolute Gasteiger partial charge is 0.338 e. The number of nitrogens with one attached hydrogen (secondary N) is 1. The molecule has 0 atom stereocenters. The quantitative estimate of drug-likeness (QED) is 0.763. The van der Waals surface area contributed by atoms with E-state index >= 15 is 0 Å². The van der Waals surface area contributed by atoms with Crippen molar-refractivity contribution in [3.63, 3.8) is 0 Å². The fraction of sp³-hybridized carbons (Fsp3) is 0.182. The van der Waals surface area contributed by atoms with Crippen LogP contribution in [0.3, 0.4) is 0 Å². The van der Waals surface area contributed by atoms with Gasteiger partial charge in [-0.05, 0) is 13.8 Å².